The summed E-state index contributed by atoms with van der Waals surface area (Å²) < 4.78 is 0. The smallest absolute Gasteiger partial charge is 0.0602 e. The molecule has 104 valence electrons. The van der Waals surface area contributed by atoms with Crippen molar-refractivity contribution < 1.29 is 5.11 Å². The van der Waals surface area contributed by atoms with Gasteiger partial charge in [-0.05, 0) is 44.2 Å². The molecule has 0 spiro atoms. The van der Waals surface area contributed by atoms with E-state index in [1.807, 2.05) is 0 Å². The summed E-state index contributed by atoms with van der Waals surface area (Å²) in [7, 11) is 0. The first-order valence-electron chi connectivity index (χ1n) is 7.49. The average molecular weight is 260 g/mol. The quantitative estimate of drug-likeness (QED) is 0.849. The van der Waals surface area contributed by atoms with E-state index < -0.39 is 0 Å². The summed E-state index contributed by atoms with van der Waals surface area (Å²) in [5, 5.41) is 13.1. The minimum absolute atomic E-state index is 0.195. The SMILES string of the molecule is CC1CCc2ccccc2N1CC(CO)NC1CC1. The summed E-state index contributed by atoms with van der Waals surface area (Å²) in [6.07, 6.45) is 4.91. The van der Waals surface area contributed by atoms with Crippen molar-refractivity contribution in [3.63, 3.8) is 0 Å². The van der Waals surface area contributed by atoms with E-state index in [0.717, 1.165) is 6.54 Å². The number of aryl methyl sites for hydroxylation is 1. The van der Waals surface area contributed by atoms with Crippen LogP contribution in [0.15, 0.2) is 24.3 Å². The summed E-state index contributed by atoms with van der Waals surface area (Å²) in [6, 6.07) is 10.1. The molecular weight excluding hydrogens is 236 g/mol. The maximum atomic E-state index is 9.58. The Morgan fingerprint density at radius 2 is 2.11 bits per heavy atom. The molecule has 1 aliphatic heterocycles. The molecule has 1 aromatic carbocycles. The summed E-state index contributed by atoms with van der Waals surface area (Å²) >= 11 is 0. The van der Waals surface area contributed by atoms with E-state index >= 15 is 0 Å². The van der Waals surface area contributed by atoms with E-state index in [0.29, 0.717) is 12.1 Å². The van der Waals surface area contributed by atoms with Crippen LogP contribution in [0.2, 0.25) is 0 Å². The zero-order valence-electron chi connectivity index (χ0n) is 11.7. The van der Waals surface area contributed by atoms with E-state index in [2.05, 4.69) is 41.4 Å². The molecule has 2 N–H and O–H groups in total. The third-order valence-electron chi connectivity index (χ3n) is 4.35. The Morgan fingerprint density at radius 1 is 1.32 bits per heavy atom. The van der Waals surface area contributed by atoms with Gasteiger partial charge in [-0.25, -0.2) is 0 Å². The number of fused-ring (bicyclic) bond motifs is 1. The first-order chi connectivity index (χ1) is 9.28. The highest BCUT2D eigenvalue weighted by Gasteiger charge is 2.28. The third-order valence-corrected chi connectivity index (χ3v) is 4.35. The molecule has 0 aromatic heterocycles. The first-order valence-corrected chi connectivity index (χ1v) is 7.49. The van der Waals surface area contributed by atoms with Crippen molar-refractivity contribution in [2.45, 2.75) is 50.7 Å². The van der Waals surface area contributed by atoms with Gasteiger partial charge in [0, 0.05) is 30.4 Å². The van der Waals surface area contributed by atoms with Crippen molar-refractivity contribution in [1.29, 1.82) is 0 Å². The predicted molar refractivity (Wildman–Crippen MR) is 78.6 cm³/mol. The van der Waals surface area contributed by atoms with Crippen molar-refractivity contribution in [2.75, 3.05) is 18.1 Å². The van der Waals surface area contributed by atoms with Crippen LogP contribution in [0.4, 0.5) is 5.69 Å². The Kier molecular flexibility index (Phi) is 3.76. The van der Waals surface area contributed by atoms with Gasteiger partial charge >= 0.3 is 0 Å². The van der Waals surface area contributed by atoms with Gasteiger partial charge in [-0.15, -0.1) is 0 Å². The molecule has 3 heteroatoms. The number of aliphatic hydroxyl groups excluding tert-OH is 1. The molecule has 1 aromatic rings. The Balaban J connectivity index is 1.74. The highest BCUT2D eigenvalue weighted by molar-refractivity contribution is 5.56. The molecule has 3 nitrogen and oxygen atoms in total. The lowest BCUT2D eigenvalue weighted by atomic mass is 9.96. The number of para-hydroxylation sites is 1. The van der Waals surface area contributed by atoms with Crippen LogP contribution < -0.4 is 10.2 Å². The lowest BCUT2D eigenvalue weighted by Crippen LogP contribution is -2.48. The number of benzene rings is 1. The minimum Gasteiger partial charge on any atom is -0.395 e. The number of rotatable bonds is 5. The Morgan fingerprint density at radius 3 is 2.84 bits per heavy atom. The molecule has 2 atom stereocenters. The van der Waals surface area contributed by atoms with Crippen LogP contribution in [0.3, 0.4) is 0 Å². The Bertz CT molecular complexity index is 431. The van der Waals surface area contributed by atoms with Gasteiger partial charge in [-0.1, -0.05) is 18.2 Å². The summed E-state index contributed by atoms with van der Waals surface area (Å²) in [6.45, 7) is 3.43. The number of nitrogens with zero attached hydrogens (tertiary/aromatic N) is 1. The van der Waals surface area contributed by atoms with Crippen molar-refractivity contribution in [2.24, 2.45) is 0 Å². The third kappa shape index (κ3) is 2.93. The van der Waals surface area contributed by atoms with Gasteiger partial charge in [-0.3, -0.25) is 0 Å². The van der Waals surface area contributed by atoms with E-state index in [4.69, 9.17) is 0 Å². The van der Waals surface area contributed by atoms with Crippen LogP contribution in [0.1, 0.15) is 31.7 Å². The molecule has 3 rings (SSSR count). The highest BCUT2D eigenvalue weighted by Crippen LogP contribution is 2.30. The molecule has 1 heterocycles. The second kappa shape index (κ2) is 5.51. The predicted octanol–water partition coefficient (Wildman–Crippen LogP) is 1.94. The lowest BCUT2D eigenvalue weighted by molar-refractivity contribution is 0.240. The maximum absolute atomic E-state index is 9.58. The molecule has 2 unspecified atom stereocenters. The summed E-state index contributed by atoms with van der Waals surface area (Å²) in [5.74, 6) is 0. The average Bonchev–Trinajstić information content (AvgIpc) is 3.25. The van der Waals surface area contributed by atoms with Crippen LogP contribution in [0, 0.1) is 0 Å². The van der Waals surface area contributed by atoms with Crippen LogP contribution in [-0.2, 0) is 6.42 Å². The first kappa shape index (κ1) is 12.9. The standard InChI is InChI=1S/C16H24N2O/c1-12-6-7-13-4-2-3-5-16(13)18(12)10-15(11-19)17-14-8-9-14/h2-5,12,14-15,17,19H,6-11H2,1H3. The van der Waals surface area contributed by atoms with Gasteiger partial charge < -0.3 is 15.3 Å². The molecule has 19 heavy (non-hydrogen) atoms. The minimum atomic E-state index is 0.195. The molecule has 1 aliphatic carbocycles. The van der Waals surface area contributed by atoms with Crippen LogP contribution in [-0.4, -0.2) is 36.4 Å². The second-order valence-corrected chi connectivity index (χ2v) is 5.99. The van der Waals surface area contributed by atoms with Crippen LogP contribution in [0.5, 0.6) is 0 Å². The Labute approximate surface area is 115 Å². The van der Waals surface area contributed by atoms with E-state index in [9.17, 15) is 5.11 Å². The zero-order valence-corrected chi connectivity index (χ0v) is 11.7. The second-order valence-electron chi connectivity index (χ2n) is 5.99. The molecule has 0 bridgehead atoms. The molecular formula is C16H24N2O. The van der Waals surface area contributed by atoms with Gasteiger partial charge in [0.05, 0.1) is 6.61 Å². The maximum Gasteiger partial charge on any atom is 0.0602 e. The summed E-state index contributed by atoms with van der Waals surface area (Å²) in [4.78, 5) is 2.47. The molecule has 0 radical (unpaired) electrons. The van der Waals surface area contributed by atoms with Crippen molar-refractivity contribution >= 4 is 5.69 Å². The van der Waals surface area contributed by atoms with E-state index in [1.54, 1.807) is 0 Å². The number of hydrogen-bond acceptors (Lipinski definition) is 3. The summed E-state index contributed by atoms with van der Waals surface area (Å²) in [5.41, 5.74) is 2.81. The molecule has 2 aliphatic rings. The van der Waals surface area contributed by atoms with Crippen LogP contribution in [0.25, 0.3) is 0 Å². The number of hydrogen-bond donors (Lipinski definition) is 2. The van der Waals surface area contributed by atoms with E-state index in [1.165, 1.54) is 36.9 Å². The van der Waals surface area contributed by atoms with Crippen LogP contribution >= 0.6 is 0 Å². The topological polar surface area (TPSA) is 35.5 Å². The Hall–Kier alpha value is -1.06. The molecule has 0 amide bonds. The number of aliphatic hydroxyl groups is 1. The molecule has 1 fully saturated rings. The highest BCUT2D eigenvalue weighted by atomic mass is 16.3. The largest absolute Gasteiger partial charge is 0.395 e. The van der Waals surface area contributed by atoms with E-state index in [-0.39, 0.29) is 12.6 Å². The lowest BCUT2D eigenvalue weighted by Gasteiger charge is -2.39. The van der Waals surface area contributed by atoms with Gasteiger partial charge in [0.2, 0.25) is 0 Å². The van der Waals surface area contributed by atoms with Crippen molar-refractivity contribution in [3.05, 3.63) is 29.8 Å². The normalized spacial score (nSPS) is 24.1. The van der Waals surface area contributed by atoms with Gasteiger partial charge in [0.1, 0.15) is 0 Å². The fourth-order valence-electron chi connectivity index (χ4n) is 3.02. The van der Waals surface area contributed by atoms with Gasteiger partial charge in [-0.2, -0.15) is 0 Å². The molecule has 1 saturated carbocycles. The van der Waals surface area contributed by atoms with Crippen molar-refractivity contribution in [3.8, 4) is 0 Å². The number of nitrogens with one attached hydrogen (secondary N) is 1. The fourth-order valence-corrected chi connectivity index (χ4v) is 3.02. The molecule has 0 saturated heterocycles. The number of anilines is 1. The monoisotopic (exact) mass is 260 g/mol. The fraction of sp³-hybridized carbons (Fsp3) is 0.625. The van der Waals surface area contributed by atoms with Gasteiger partial charge in [0.15, 0.2) is 0 Å². The van der Waals surface area contributed by atoms with Crippen molar-refractivity contribution in [1.82, 2.24) is 5.32 Å². The zero-order chi connectivity index (χ0) is 13.2. The van der Waals surface area contributed by atoms with Gasteiger partial charge in [0.25, 0.3) is 0 Å².